The van der Waals surface area contributed by atoms with Crippen molar-refractivity contribution < 1.29 is 0 Å². The first-order valence-electron chi connectivity index (χ1n) is 7.28. The smallest absolute Gasteiger partial charge is 0.160 e. The molecule has 0 saturated heterocycles. The molecule has 4 aromatic rings. The number of nitrogens with zero attached hydrogens (tertiary/aromatic N) is 4. The molecule has 3 aromatic heterocycles. The van der Waals surface area contributed by atoms with Crippen molar-refractivity contribution >= 4 is 22.2 Å². The van der Waals surface area contributed by atoms with E-state index < -0.39 is 0 Å². The second-order valence-corrected chi connectivity index (χ2v) is 5.10. The van der Waals surface area contributed by atoms with E-state index >= 15 is 0 Å². The summed E-state index contributed by atoms with van der Waals surface area (Å²) in [7, 11) is 0. The Balaban J connectivity index is 1.53. The number of fused-ring (bicyclic) bond motifs is 2. The predicted molar refractivity (Wildman–Crippen MR) is 86.9 cm³/mol. The van der Waals surface area contributed by atoms with Gasteiger partial charge in [0.15, 0.2) is 5.65 Å². The molecule has 5 heteroatoms. The molecule has 0 radical (unpaired) electrons. The lowest BCUT2D eigenvalue weighted by Crippen LogP contribution is -2.08. The van der Waals surface area contributed by atoms with Gasteiger partial charge >= 0.3 is 0 Å². The summed E-state index contributed by atoms with van der Waals surface area (Å²) < 4.78 is 2.02. The number of anilines is 1. The lowest BCUT2D eigenvalue weighted by molar-refractivity contribution is 0.871. The minimum absolute atomic E-state index is 0.795. The average Bonchev–Trinajstić information content (AvgIpc) is 2.99. The van der Waals surface area contributed by atoms with Gasteiger partial charge < -0.3 is 5.32 Å². The molecule has 0 saturated carbocycles. The summed E-state index contributed by atoms with van der Waals surface area (Å²) in [5.41, 5.74) is 2.98. The fourth-order valence-corrected chi connectivity index (χ4v) is 2.62. The monoisotopic (exact) mass is 289 g/mol. The maximum absolute atomic E-state index is 4.37. The van der Waals surface area contributed by atoms with Crippen LogP contribution in [0.3, 0.4) is 0 Å². The Morgan fingerprint density at radius 3 is 2.86 bits per heavy atom. The number of benzene rings is 1. The number of hydrogen-bond acceptors (Lipinski definition) is 4. The molecule has 0 aliphatic rings. The second kappa shape index (κ2) is 5.44. The van der Waals surface area contributed by atoms with Gasteiger partial charge in [-0.15, -0.1) is 10.2 Å². The standard InChI is InChI=1S/C17H15N5/c1-2-6-14-13(5-1)15(8-10-18-14)19-11-9-17-21-20-16-7-3-4-12-22(16)17/h1-8,10,12H,9,11H2,(H,18,19). The minimum atomic E-state index is 0.795. The summed E-state index contributed by atoms with van der Waals surface area (Å²) in [6.07, 6.45) is 4.63. The zero-order valence-corrected chi connectivity index (χ0v) is 12.0. The van der Waals surface area contributed by atoms with Crippen LogP contribution in [0.25, 0.3) is 16.6 Å². The van der Waals surface area contributed by atoms with Crippen LogP contribution in [0.4, 0.5) is 5.69 Å². The van der Waals surface area contributed by atoms with Gasteiger partial charge in [-0.25, -0.2) is 0 Å². The quantitative estimate of drug-likeness (QED) is 0.627. The second-order valence-electron chi connectivity index (χ2n) is 5.10. The van der Waals surface area contributed by atoms with Crippen LogP contribution < -0.4 is 5.32 Å². The van der Waals surface area contributed by atoms with Crippen LogP contribution in [0.1, 0.15) is 5.82 Å². The zero-order chi connectivity index (χ0) is 14.8. The summed E-state index contributed by atoms with van der Waals surface area (Å²) in [5.74, 6) is 0.960. The topological polar surface area (TPSA) is 55.1 Å². The molecule has 0 unspecified atom stereocenters. The predicted octanol–water partition coefficient (Wildman–Crippen LogP) is 2.93. The summed E-state index contributed by atoms with van der Waals surface area (Å²) in [6, 6.07) is 16.1. The normalized spacial score (nSPS) is 11.1. The molecule has 0 aliphatic heterocycles. The first kappa shape index (κ1) is 12.8. The fourth-order valence-electron chi connectivity index (χ4n) is 2.62. The third-order valence-electron chi connectivity index (χ3n) is 3.70. The third kappa shape index (κ3) is 2.26. The van der Waals surface area contributed by atoms with Crippen molar-refractivity contribution in [3.05, 3.63) is 66.7 Å². The highest BCUT2D eigenvalue weighted by atomic mass is 15.2. The average molecular weight is 289 g/mol. The molecule has 5 nitrogen and oxygen atoms in total. The molecule has 0 fully saturated rings. The van der Waals surface area contributed by atoms with Crippen LogP contribution >= 0.6 is 0 Å². The first-order valence-corrected chi connectivity index (χ1v) is 7.28. The van der Waals surface area contributed by atoms with Gasteiger partial charge in [-0.2, -0.15) is 0 Å². The van der Waals surface area contributed by atoms with Crippen molar-refractivity contribution in [2.24, 2.45) is 0 Å². The maximum Gasteiger partial charge on any atom is 0.160 e. The van der Waals surface area contributed by atoms with Crippen LogP contribution in [-0.4, -0.2) is 26.1 Å². The first-order chi connectivity index (χ1) is 10.9. The summed E-state index contributed by atoms with van der Waals surface area (Å²) in [4.78, 5) is 4.37. The van der Waals surface area contributed by atoms with Gasteiger partial charge in [0.05, 0.1) is 5.52 Å². The molecular formula is C17H15N5. The molecule has 1 aromatic carbocycles. The van der Waals surface area contributed by atoms with E-state index in [0.717, 1.165) is 41.0 Å². The van der Waals surface area contributed by atoms with E-state index in [1.807, 2.05) is 59.3 Å². The molecule has 0 spiro atoms. The Labute approximate surface area is 127 Å². The van der Waals surface area contributed by atoms with Gasteiger partial charge in [0.25, 0.3) is 0 Å². The number of pyridine rings is 2. The molecule has 1 N–H and O–H groups in total. The maximum atomic E-state index is 4.37. The van der Waals surface area contributed by atoms with Gasteiger partial charge in [-0.3, -0.25) is 9.38 Å². The molecule has 0 bridgehead atoms. The lowest BCUT2D eigenvalue weighted by atomic mass is 10.2. The molecule has 3 heterocycles. The molecule has 108 valence electrons. The highest BCUT2D eigenvalue weighted by Crippen LogP contribution is 2.20. The Morgan fingerprint density at radius 2 is 1.86 bits per heavy atom. The largest absolute Gasteiger partial charge is 0.384 e. The van der Waals surface area contributed by atoms with E-state index in [1.165, 1.54) is 0 Å². The number of nitrogens with one attached hydrogen (secondary N) is 1. The van der Waals surface area contributed by atoms with Gasteiger partial charge in [0, 0.05) is 36.4 Å². The van der Waals surface area contributed by atoms with Crippen LogP contribution in [0.5, 0.6) is 0 Å². The Bertz CT molecular complexity index is 923. The van der Waals surface area contributed by atoms with Crippen molar-refractivity contribution in [1.82, 2.24) is 19.6 Å². The lowest BCUT2D eigenvalue weighted by Gasteiger charge is -2.08. The van der Waals surface area contributed by atoms with E-state index in [2.05, 4.69) is 26.6 Å². The molecule has 22 heavy (non-hydrogen) atoms. The summed E-state index contributed by atoms with van der Waals surface area (Å²) in [6.45, 7) is 0.795. The zero-order valence-electron chi connectivity index (χ0n) is 12.0. The van der Waals surface area contributed by atoms with E-state index in [9.17, 15) is 0 Å². The van der Waals surface area contributed by atoms with Crippen LogP contribution in [-0.2, 0) is 6.42 Å². The number of para-hydroxylation sites is 1. The van der Waals surface area contributed by atoms with E-state index in [4.69, 9.17) is 0 Å². The van der Waals surface area contributed by atoms with Crippen molar-refractivity contribution in [3.8, 4) is 0 Å². The van der Waals surface area contributed by atoms with Crippen molar-refractivity contribution in [2.75, 3.05) is 11.9 Å². The van der Waals surface area contributed by atoms with Crippen molar-refractivity contribution in [1.29, 1.82) is 0 Å². The van der Waals surface area contributed by atoms with Gasteiger partial charge in [0.1, 0.15) is 5.82 Å². The number of rotatable bonds is 4. The molecule has 0 amide bonds. The number of hydrogen-bond donors (Lipinski definition) is 1. The summed E-state index contributed by atoms with van der Waals surface area (Å²) in [5, 5.41) is 13.0. The minimum Gasteiger partial charge on any atom is -0.384 e. The Kier molecular flexibility index (Phi) is 3.16. The fraction of sp³-hybridized carbons (Fsp3) is 0.118. The van der Waals surface area contributed by atoms with Crippen molar-refractivity contribution in [3.63, 3.8) is 0 Å². The Morgan fingerprint density at radius 1 is 0.955 bits per heavy atom. The third-order valence-corrected chi connectivity index (χ3v) is 3.70. The van der Waals surface area contributed by atoms with E-state index in [1.54, 1.807) is 0 Å². The molecule has 0 aliphatic carbocycles. The van der Waals surface area contributed by atoms with E-state index in [0.29, 0.717) is 0 Å². The molecule has 0 atom stereocenters. The van der Waals surface area contributed by atoms with E-state index in [-0.39, 0.29) is 0 Å². The molecule has 4 rings (SSSR count). The SMILES string of the molecule is c1ccc2c(NCCc3nnc4ccccn34)ccnc2c1. The highest BCUT2D eigenvalue weighted by molar-refractivity contribution is 5.90. The summed E-state index contributed by atoms with van der Waals surface area (Å²) >= 11 is 0. The highest BCUT2D eigenvalue weighted by Gasteiger charge is 2.05. The van der Waals surface area contributed by atoms with Gasteiger partial charge in [0.2, 0.25) is 0 Å². The van der Waals surface area contributed by atoms with Gasteiger partial charge in [-0.1, -0.05) is 24.3 Å². The van der Waals surface area contributed by atoms with Crippen LogP contribution in [0, 0.1) is 0 Å². The van der Waals surface area contributed by atoms with Gasteiger partial charge in [-0.05, 0) is 24.3 Å². The number of aromatic nitrogens is 4. The van der Waals surface area contributed by atoms with Crippen LogP contribution in [0.15, 0.2) is 60.9 Å². The van der Waals surface area contributed by atoms with Crippen LogP contribution in [0.2, 0.25) is 0 Å². The Hall–Kier alpha value is -2.95. The van der Waals surface area contributed by atoms with Crippen molar-refractivity contribution in [2.45, 2.75) is 6.42 Å². The molecular weight excluding hydrogens is 274 g/mol.